The number of hydrogen-bond donors (Lipinski definition) is 1. The van der Waals surface area contributed by atoms with E-state index in [2.05, 4.69) is 16.8 Å². The third-order valence-electron chi connectivity index (χ3n) is 5.01. The van der Waals surface area contributed by atoms with Crippen molar-refractivity contribution >= 4 is 23.4 Å². The van der Waals surface area contributed by atoms with Crippen molar-refractivity contribution in [3.05, 3.63) is 35.7 Å². The van der Waals surface area contributed by atoms with Gasteiger partial charge in [-0.05, 0) is 38.8 Å². The fourth-order valence-electron chi connectivity index (χ4n) is 3.53. The summed E-state index contributed by atoms with van der Waals surface area (Å²) in [5.74, 6) is 0.954. The number of aromatic nitrogens is 2. The van der Waals surface area contributed by atoms with Gasteiger partial charge in [-0.1, -0.05) is 43.2 Å². The molecule has 0 spiro atoms. The van der Waals surface area contributed by atoms with E-state index in [0.29, 0.717) is 23.2 Å². The lowest BCUT2D eigenvalue weighted by molar-refractivity contribution is -0.113. The summed E-state index contributed by atoms with van der Waals surface area (Å²) in [5.41, 5.74) is 2.98. The summed E-state index contributed by atoms with van der Waals surface area (Å²) in [4.78, 5) is 17.1. The van der Waals surface area contributed by atoms with Crippen LogP contribution in [0, 0.1) is 13.8 Å². The molecule has 0 atom stereocenters. The third kappa shape index (κ3) is 4.23. The molecule has 0 aliphatic heterocycles. The molecular formula is C20H27N3O2S. The first-order valence-electron chi connectivity index (χ1n) is 9.21. The molecular weight excluding hydrogens is 346 g/mol. The highest BCUT2D eigenvalue weighted by Crippen LogP contribution is 2.34. The number of thioether (sulfide) groups is 1. The summed E-state index contributed by atoms with van der Waals surface area (Å²) in [5, 5.41) is 3.89. The summed E-state index contributed by atoms with van der Waals surface area (Å²) in [6.45, 7) is 4.18. The number of imidazole rings is 1. The van der Waals surface area contributed by atoms with Gasteiger partial charge in [0.25, 0.3) is 0 Å². The van der Waals surface area contributed by atoms with E-state index in [1.165, 1.54) is 49.6 Å². The fourth-order valence-corrected chi connectivity index (χ4v) is 4.49. The molecule has 0 bridgehead atoms. The second-order valence-electron chi connectivity index (χ2n) is 6.76. The molecule has 1 heterocycles. The molecule has 140 valence electrons. The van der Waals surface area contributed by atoms with Gasteiger partial charge in [-0.15, -0.1) is 0 Å². The third-order valence-corrected chi connectivity index (χ3v) is 5.96. The van der Waals surface area contributed by atoms with Crippen molar-refractivity contribution in [1.29, 1.82) is 0 Å². The molecule has 5 nitrogen and oxygen atoms in total. The van der Waals surface area contributed by atoms with Crippen LogP contribution in [0.1, 0.15) is 49.5 Å². The lowest BCUT2D eigenvalue weighted by atomic mass is 9.95. The van der Waals surface area contributed by atoms with E-state index in [9.17, 15) is 4.79 Å². The van der Waals surface area contributed by atoms with Crippen molar-refractivity contribution in [3.63, 3.8) is 0 Å². The SMILES string of the molecule is COc1ccccc1NC(=O)CSc1nc(C)c(C)n1C1CCCCC1. The predicted molar refractivity (Wildman–Crippen MR) is 106 cm³/mol. The number of para-hydroxylation sites is 2. The van der Waals surface area contributed by atoms with Crippen LogP contribution < -0.4 is 10.1 Å². The van der Waals surface area contributed by atoms with E-state index in [1.54, 1.807) is 7.11 Å². The minimum absolute atomic E-state index is 0.0481. The monoisotopic (exact) mass is 373 g/mol. The maximum Gasteiger partial charge on any atom is 0.234 e. The molecule has 1 saturated carbocycles. The second-order valence-corrected chi connectivity index (χ2v) is 7.71. The summed E-state index contributed by atoms with van der Waals surface area (Å²) >= 11 is 1.52. The van der Waals surface area contributed by atoms with Crippen LogP contribution in [-0.2, 0) is 4.79 Å². The van der Waals surface area contributed by atoms with Crippen LogP contribution in [0.2, 0.25) is 0 Å². The van der Waals surface area contributed by atoms with Gasteiger partial charge in [-0.2, -0.15) is 0 Å². The van der Waals surface area contributed by atoms with Crippen LogP contribution in [0.15, 0.2) is 29.4 Å². The van der Waals surface area contributed by atoms with E-state index in [-0.39, 0.29) is 5.91 Å². The largest absolute Gasteiger partial charge is 0.495 e. The number of benzene rings is 1. The van der Waals surface area contributed by atoms with Crippen LogP contribution >= 0.6 is 11.8 Å². The van der Waals surface area contributed by atoms with Gasteiger partial charge in [0.05, 0.1) is 24.2 Å². The first kappa shape index (κ1) is 18.8. The summed E-state index contributed by atoms with van der Waals surface area (Å²) in [6, 6.07) is 7.97. The van der Waals surface area contributed by atoms with Gasteiger partial charge in [0.15, 0.2) is 5.16 Å². The first-order valence-corrected chi connectivity index (χ1v) is 10.2. The molecule has 6 heteroatoms. The highest BCUT2D eigenvalue weighted by Gasteiger charge is 2.22. The quantitative estimate of drug-likeness (QED) is 0.743. The van der Waals surface area contributed by atoms with E-state index >= 15 is 0 Å². The zero-order valence-electron chi connectivity index (χ0n) is 15.7. The highest BCUT2D eigenvalue weighted by molar-refractivity contribution is 7.99. The summed E-state index contributed by atoms with van der Waals surface area (Å²) in [7, 11) is 1.60. The second kappa shape index (κ2) is 8.62. The molecule has 1 aliphatic rings. The maximum absolute atomic E-state index is 12.4. The van der Waals surface area contributed by atoms with E-state index in [0.717, 1.165) is 10.9 Å². The lowest BCUT2D eigenvalue weighted by Gasteiger charge is -2.26. The Kier molecular flexibility index (Phi) is 6.25. The zero-order valence-corrected chi connectivity index (χ0v) is 16.6. The topological polar surface area (TPSA) is 56.1 Å². The van der Waals surface area contributed by atoms with E-state index < -0.39 is 0 Å². The van der Waals surface area contributed by atoms with Crippen molar-refractivity contribution in [2.45, 2.75) is 57.1 Å². The fraction of sp³-hybridized carbons (Fsp3) is 0.500. The molecule has 0 radical (unpaired) electrons. The van der Waals surface area contributed by atoms with E-state index in [1.807, 2.05) is 31.2 Å². The van der Waals surface area contributed by atoms with Crippen molar-refractivity contribution in [3.8, 4) is 5.75 Å². The average Bonchev–Trinajstić information content (AvgIpc) is 2.95. The van der Waals surface area contributed by atoms with Gasteiger partial charge in [0, 0.05) is 11.7 Å². The van der Waals surface area contributed by atoms with Gasteiger partial charge in [-0.3, -0.25) is 4.79 Å². The Morgan fingerprint density at radius 2 is 2.00 bits per heavy atom. The minimum Gasteiger partial charge on any atom is -0.495 e. The molecule has 1 N–H and O–H groups in total. The number of amides is 1. The molecule has 1 aromatic carbocycles. The number of nitrogens with one attached hydrogen (secondary N) is 1. The van der Waals surface area contributed by atoms with Crippen molar-refractivity contribution in [2.75, 3.05) is 18.2 Å². The Bertz CT molecular complexity index is 766. The summed E-state index contributed by atoms with van der Waals surface area (Å²) in [6.07, 6.45) is 6.29. The number of methoxy groups -OCH3 is 1. The standard InChI is InChI=1S/C20H27N3O2S/c1-14-15(2)23(16-9-5-4-6-10-16)20(21-14)26-13-19(24)22-17-11-7-8-12-18(17)25-3/h7-8,11-12,16H,4-6,9-10,13H2,1-3H3,(H,22,24). The molecule has 2 aromatic rings. The Hall–Kier alpha value is -1.95. The predicted octanol–water partition coefficient (Wildman–Crippen LogP) is 4.74. The van der Waals surface area contributed by atoms with Gasteiger partial charge in [0.2, 0.25) is 5.91 Å². The number of ether oxygens (including phenoxy) is 1. The van der Waals surface area contributed by atoms with Crippen LogP contribution in [0.5, 0.6) is 5.75 Å². The number of carbonyl (C=O) groups is 1. The Labute approximate surface area is 159 Å². The van der Waals surface area contributed by atoms with Crippen LogP contribution in [0.4, 0.5) is 5.69 Å². The van der Waals surface area contributed by atoms with Gasteiger partial charge >= 0.3 is 0 Å². The van der Waals surface area contributed by atoms with Crippen LogP contribution in [0.25, 0.3) is 0 Å². The molecule has 1 amide bonds. The molecule has 0 unspecified atom stereocenters. The zero-order chi connectivity index (χ0) is 18.5. The number of aryl methyl sites for hydroxylation is 1. The normalized spacial score (nSPS) is 15.0. The maximum atomic E-state index is 12.4. The number of nitrogens with zero attached hydrogens (tertiary/aromatic N) is 2. The molecule has 1 aromatic heterocycles. The van der Waals surface area contributed by atoms with E-state index in [4.69, 9.17) is 9.72 Å². The molecule has 1 aliphatic carbocycles. The van der Waals surface area contributed by atoms with Gasteiger partial charge in [-0.25, -0.2) is 4.98 Å². The first-order chi connectivity index (χ1) is 12.6. The molecule has 3 rings (SSSR count). The number of rotatable bonds is 6. The van der Waals surface area contributed by atoms with Crippen LogP contribution in [0.3, 0.4) is 0 Å². The average molecular weight is 374 g/mol. The van der Waals surface area contributed by atoms with Crippen molar-refractivity contribution in [2.24, 2.45) is 0 Å². The smallest absolute Gasteiger partial charge is 0.234 e. The van der Waals surface area contributed by atoms with Gasteiger partial charge < -0.3 is 14.6 Å². The Morgan fingerprint density at radius 1 is 1.27 bits per heavy atom. The number of hydrogen-bond acceptors (Lipinski definition) is 4. The molecule has 1 fully saturated rings. The van der Waals surface area contributed by atoms with Crippen molar-refractivity contribution in [1.82, 2.24) is 9.55 Å². The van der Waals surface area contributed by atoms with Crippen molar-refractivity contribution < 1.29 is 9.53 Å². The van der Waals surface area contributed by atoms with Gasteiger partial charge in [0.1, 0.15) is 5.75 Å². The number of anilines is 1. The lowest BCUT2D eigenvalue weighted by Crippen LogP contribution is -2.17. The summed E-state index contributed by atoms with van der Waals surface area (Å²) < 4.78 is 7.65. The minimum atomic E-state index is -0.0481. The molecule has 26 heavy (non-hydrogen) atoms. The Morgan fingerprint density at radius 3 is 2.73 bits per heavy atom. The van der Waals surface area contributed by atoms with Crippen LogP contribution in [-0.4, -0.2) is 28.3 Å². The Balaban J connectivity index is 1.67. The number of carbonyl (C=O) groups excluding carboxylic acids is 1. The highest BCUT2D eigenvalue weighted by atomic mass is 32.2. The molecule has 0 saturated heterocycles.